The molecule has 0 fully saturated rings. The van der Waals surface area contributed by atoms with Crippen molar-refractivity contribution in [2.24, 2.45) is 0 Å². The summed E-state index contributed by atoms with van der Waals surface area (Å²) in [6, 6.07) is 0. The molecule has 1 nitrogen and oxygen atoms in total. The highest BCUT2D eigenvalue weighted by atomic mass is 35.9. The first-order chi connectivity index (χ1) is 3.95. The van der Waals surface area contributed by atoms with Gasteiger partial charge in [-0.1, -0.05) is 6.08 Å². The average Bonchev–Trinajstić information content (AvgIpc) is 1.62. The van der Waals surface area contributed by atoms with Crippen LogP contribution in [0, 0.1) is 0 Å². The topological polar surface area (TPSA) is 17.1 Å². The molecule has 0 bridgehead atoms. The highest BCUT2D eigenvalue weighted by Gasteiger charge is 2.17. The molecule has 0 amide bonds. The van der Waals surface area contributed by atoms with E-state index in [-0.39, 0.29) is 6.16 Å². The number of halogens is 3. The summed E-state index contributed by atoms with van der Waals surface area (Å²) in [5.41, 5.74) is 0. The third kappa shape index (κ3) is 6.73. The number of hydrogen-bond donors (Lipinski definition) is 0. The van der Waals surface area contributed by atoms with Gasteiger partial charge in [0.25, 0.3) is 5.85 Å². The van der Waals surface area contributed by atoms with Crippen LogP contribution in [0.2, 0.25) is 0 Å². The van der Waals surface area contributed by atoms with E-state index in [0.29, 0.717) is 0 Å². The number of alkyl halides is 1. The van der Waals surface area contributed by atoms with Gasteiger partial charge in [-0.2, -0.15) is 0 Å². The summed E-state index contributed by atoms with van der Waals surface area (Å²) in [4.78, 5) is 0. The number of allylic oxidation sites excluding steroid dienone is 1. The van der Waals surface area contributed by atoms with Crippen molar-refractivity contribution in [3.63, 3.8) is 0 Å². The van der Waals surface area contributed by atoms with E-state index in [1.54, 1.807) is 0 Å². The van der Waals surface area contributed by atoms with Gasteiger partial charge in [0.15, 0.2) is 0 Å². The molecule has 0 aliphatic carbocycles. The predicted octanol–water partition coefficient (Wildman–Crippen LogP) is 3.45. The molecule has 1 unspecified atom stereocenters. The lowest BCUT2D eigenvalue weighted by Crippen LogP contribution is -1.95. The Balaban J connectivity index is 3.74. The van der Waals surface area contributed by atoms with E-state index in [1.807, 2.05) is 0 Å². The van der Waals surface area contributed by atoms with Gasteiger partial charge in [0, 0.05) is 6.16 Å². The molecule has 0 saturated heterocycles. The van der Waals surface area contributed by atoms with Crippen molar-refractivity contribution in [3.8, 4) is 0 Å². The molecule has 5 heteroatoms. The summed E-state index contributed by atoms with van der Waals surface area (Å²) in [7, 11) is 0. The minimum atomic E-state index is -3.00. The Kier molecular flexibility index (Phi) is 4.24. The van der Waals surface area contributed by atoms with Gasteiger partial charge >= 0.3 is 0 Å². The van der Waals surface area contributed by atoms with Gasteiger partial charge in [0.05, 0.1) is 5.38 Å². The molecule has 0 rings (SSSR count). The monoisotopic (exact) mass is 206 g/mol. The van der Waals surface area contributed by atoms with Crippen LogP contribution in [0.15, 0.2) is 12.7 Å². The molecule has 0 aliphatic rings. The van der Waals surface area contributed by atoms with E-state index < -0.39 is 11.2 Å². The predicted molar refractivity (Wildman–Crippen MR) is 44.0 cm³/mol. The van der Waals surface area contributed by atoms with E-state index in [2.05, 4.69) is 6.58 Å². The maximum absolute atomic E-state index is 10.6. The largest absolute Gasteiger partial charge is 0.289 e. The molecule has 0 radical (unpaired) electrons. The van der Waals surface area contributed by atoms with Gasteiger partial charge in [-0.15, -0.1) is 18.2 Å². The van der Waals surface area contributed by atoms with Crippen molar-refractivity contribution in [1.29, 1.82) is 0 Å². The third-order valence-electron chi connectivity index (χ3n) is 0.643. The Morgan fingerprint density at radius 3 is 2.22 bits per heavy atom. The van der Waals surface area contributed by atoms with Gasteiger partial charge in [-0.3, -0.25) is 4.57 Å². The zero-order valence-corrected chi connectivity index (χ0v) is 7.72. The van der Waals surface area contributed by atoms with Gasteiger partial charge < -0.3 is 0 Å². The van der Waals surface area contributed by atoms with Gasteiger partial charge in [-0.05, 0) is 22.5 Å². The fraction of sp³-hybridized carbons (Fsp3) is 0.500. The summed E-state index contributed by atoms with van der Waals surface area (Å²) in [6.07, 6.45) is 1.53. The van der Waals surface area contributed by atoms with Gasteiger partial charge in [-0.25, -0.2) is 0 Å². The molecule has 0 aromatic rings. The van der Waals surface area contributed by atoms with Crippen LogP contribution in [-0.2, 0) is 4.57 Å². The summed E-state index contributed by atoms with van der Waals surface area (Å²) in [5.74, 6) is -3.00. The summed E-state index contributed by atoms with van der Waals surface area (Å²) in [5, 5.41) is -0.397. The molecule has 0 saturated carbocycles. The van der Waals surface area contributed by atoms with Crippen molar-refractivity contribution >= 4 is 39.9 Å². The maximum atomic E-state index is 10.6. The molecule has 9 heavy (non-hydrogen) atoms. The Morgan fingerprint density at radius 2 is 2.11 bits per heavy atom. The first kappa shape index (κ1) is 9.84. The van der Waals surface area contributed by atoms with Crippen molar-refractivity contribution in [2.75, 3.05) is 6.16 Å². The Morgan fingerprint density at radius 1 is 1.67 bits per heavy atom. The fourth-order valence-corrected chi connectivity index (χ4v) is 2.73. The Bertz CT molecular complexity index is 141. The second kappa shape index (κ2) is 3.88. The molecule has 1 atom stereocenters. The average molecular weight is 207 g/mol. The SMILES string of the molecule is C=CC(Cl)CP(=O)(Cl)Cl. The van der Waals surface area contributed by atoms with Crippen LogP contribution in [0.4, 0.5) is 0 Å². The van der Waals surface area contributed by atoms with Crippen LogP contribution >= 0.6 is 39.9 Å². The summed E-state index contributed by atoms with van der Waals surface area (Å²) in [6.45, 7) is 3.37. The Hall–Kier alpha value is 0.840. The van der Waals surface area contributed by atoms with E-state index >= 15 is 0 Å². The molecule has 0 N–H and O–H groups in total. The summed E-state index contributed by atoms with van der Waals surface area (Å²) < 4.78 is 10.6. The van der Waals surface area contributed by atoms with E-state index in [0.717, 1.165) is 0 Å². The van der Waals surface area contributed by atoms with Gasteiger partial charge in [0.2, 0.25) is 0 Å². The molecule has 0 aliphatic heterocycles. The zero-order chi connectivity index (χ0) is 7.49. The van der Waals surface area contributed by atoms with Crippen LogP contribution in [0.25, 0.3) is 0 Å². The van der Waals surface area contributed by atoms with Crippen molar-refractivity contribution < 1.29 is 4.57 Å². The highest BCUT2D eigenvalue weighted by Crippen LogP contribution is 2.57. The van der Waals surface area contributed by atoms with Crippen LogP contribution in [-0.4, -0.2) is 11.5 Å². The lowest BCUT2D eigenvalue weighted by atomic mass is 10.5. The van der Waals surface area contributed by atoms with Crippen molar-refractivity contribution in [3.05, 3.63) is 12.7 Å². The minimum Gasteiger partial charge on any atom is -0.289 e. The second-order valence-corrected chi connectivity index (χ2v) is 7.37. The van der Waals surface area contributed by atoms with Crippen LogP contribution < -0.4 is 0 Å². The minimum absolute atomic E-state index is 0.0845. The fourth-order valence-electron chi connectivity index (χ4n) is 0.278. The lowest BCUT2D eigenvalue weighted by Gasteiger charge is -2.02. The lowest BCUT2D eigenvalue weighted by molar-refractivity contribution is 0.592. The smallest absolute Gasteiger partial charge is 0.254 e. The highest BCUT2D eigenvalue weighted by molar-refractivity contribution is 8.08. The molecule has 54 valence electrons. The second-order valence-electron chi connectivity index (χ2n) is 1.50. The van der Waals surface area contributed by atoms with Crippen molar-refractivity contribution in [2.45, 2.75) is 5.38 Å². The normalized spacial score (nSPS) is 15.0. The third-order valence-corrected chi connectivity index (χ3v) is 2.84. The quantitative estimate of drug-likeness (QED) is 0.393. The number of rotatable bonds is 3. The summed E-state index contributed by atoms with van der Waals surface area (Å²) >= 11 is 15.9. The Labute approximate surface area is 68.9 Å². The van der Waals surface area contributed by atoms with Crippen LogP contribution in [0.3, 0.4) is 0 Å². The van der Waals surface area contributed by atoms with E-state index in [9.17, 15) is 4.57 Å². The van der Waals surface area contributed by atoms with Gasteiger partial charge in [0.1, 0.15) is 0 Å². The number of hydrogen-bond acceptors (Lipinski definition) is 1. The first-order valence-corrected chi connectivity index (χ1v) is 6.34. The maximum Gasteiger partial charge on any atom is 0.254 e. The molecule has 0 heterocycles. The molecular weight excluding hydrogens is 201 g/mol. The van der Waals surface area contributed by atoms with E-state index in [4.69, 9.17) is 34.1 Å². The molecule has 0 aromatic carbocycles. The standard InChI is InChI=1S/C4H6Cl3OP/c1-2-4(5)3-9(6,7)8/h2,4H,1,3H2. The first-order valence-electron chi connectivity index (χ1n) is 2.20. The van der Waals surface area contributed by atoms with Crippen LogP contribution in [0.1, 0.15) is 0 Å². The van der Waals surface area contributed by atoms with E-state index in [1.165, 1.54) is 6.08 Å². The molecule has 0 aromatic heterocycles. The molecule has 0 spiro atoms. The molecular formula is C4H6Cl3OP. The zero-order valence-electron chi connectivity index (χ0n) is 4.56. The van der Waals surface area contributed by atoms with Crippen LogP contribution in [0.5, 0.6) is 0 Å². The van der Waals surface area contributed by atoms with Crippen molar-refractivity contribution in [1.82, 2.24) is 0 Å².